The molecule has 0 amide bonds. The Morgan fingerprint density at radius 1 is 1.14 bits per heavy atom. The Hall–Kier alpha value is -0.0800. The number of methoxy groups -OCH3 is 1. The third-order valence-electron chi connectivity index (χ3n) is 4.72. The zero-order valence-corrected chi connectivity index (χ0v) is 9.65. The Balaban J connectivity index is 1.89. The number of hydrogen-bond acceptors (Lipinski definition) is 1. The van der Waals surface area contributed by atoms with Gasteiger partial charge in [-0.15, -0.1) is 0 Å². The number of ether oxygens (including phenoxy) is 1. The van der Waals surface area contributed by atoms with Crippen LogP contribution in [-0.4, -0.2) is 17.5 Å². The second kappa shape index (κ2) is 2.19. The van der Waals surface area contributed by atoms with E-state index in [4.69, 9.17) is 4.74 Å². The minimum absolute atomic E-state index is 0.0949. The summed E-state index contributed by atoms with van der Waals surface area (Å²) in [4.78, 5) is 0.581. The third-order valence-corrected chi connectivity index (χ3v) is 6.01. The van der Waals surface area contributed by atoms with Crippen molar-refractivity contribution in [1.29, 1.82) is 0 Å². The standard InChI is InChI=1S/C12H13BrO/c1-14-12-6-2-4-7-8(5-3-6)9(7)10(12)11(12)13/h2-11H,1H3. The van der Waals surface area contributed by atoms with Crippen molar-refractivity contribution in [3.63, 3.8) is 0 Å². The Kier molecular flexibility index (Phi) is 1.27. The summed E-state index contributed by atoms with van der Waals surface area (Å²) in [6, 6.07) is 0. The topological polar surface area (TPSA) is 9.23 Å². The molecule has 2 saturated carbocycles. The lowest BCUT2D eigenvalue weighted by Gasteiger charge is -2.20. The predicted molar refractivity (Wildman–Crippen MR) is 58.2 cm³/mol. The number of hydrogen-bond donors (Lipinski definition) is 0. The third kappa shape index (κ3) is 0.646. The zero-order chi connectivity index (χ0) is 9.50. The molecule has 0 radical (unpaired) electrons. The van der Waals surface area contributed by atoms with Gasteiger partial charge in [0.25, 0.3) is 0 Å². The summed E-state index contributed by atoms with van der Waals surface area (Å²) in [7, 11) is 1.87. The van der Waals surface area contributed by atoms with Crippen molar-refractivity contribution in [2.45, 2.75) is 10.4 Å². The fourth-order valence-corrected chi connectivity index (χ4v) is 5.30. The van der Waals surface area contributed by atoms with Crippen LogP contribution in [0.2, 0.25) is 0 Å². The molecular formula is C12H13BrO. The zero-order valence-electron chi connectivity index (χ0n) is 8.06. The summed E-state index contributed by atoms with van der Waals surface area (Å²) in [5, 5.41) is 0. The van der Waals surface area contributed by atoms with Gasteiger partial charge in [0.1, 0.15) is 0 Å². The summed E-state index contributed by atoms with van der Waals surface area (Å²) in [6.07, 6.45) is 9.58. The van der Waals surface area contributed by atoms with Gasteiger partial charge in [0.15, 0.2) is 0 Å². The van der Waals surface area contributed by atoms with Gasteiger partial charge in [-0.3, -0.25) is 0 Å². The Labute approximate surface area is 92.3 Å². The van der Waals surface area contributed by atoms with E-state index in [0.717, 1.165) is 23.7 Å². The van der Waals surface area contributed by atoms with Crippen molar-refractivity contribution in [2.75, 3.05) is 7.11 Å². The van der Waals surface area contributed by atoms with E-state index in [1.807, 2.05) is 7.11 Å². The molecule has 0 aromatic carbocycles. The largest absolute Gasteiger partial charge is 0.376 e. The Morgan fingerprint density at radius 3 is 2.36 bits per heavy atom. The van der Waals surface area contributed by atoms with Gasteiger partial charge in [0, 0.05) is 18.9 Å². The van der Waals surface area contributed by atoms with Crippen molar-refractivity contribution in [2.24, 2.45) is 29.6 Å². The van der Waals surface area contributed by atoms with Crippen LogP contribution in [0.4, 0.5) is 0 Å². The Morgan fingerprint density at radius 2 is 1.79 bits per heavy atom. The van der Waals surface area contributed by atoms with Gasteiger partial charge < -0.3 is 4.74 Å². The van der Waals surface area contributed by atoms with Crippen LogP contribution in [0.5, 0.6) is 0 Å². The van der Waals surface area contributed by atoms with E-state index in [9.17, 15) is 0 Å². The fraction of sp³-hybridized carbons (Fsp3) is 0.667. The highest BCUT2D eigenvalue weighted by atomic mass is 79.9. The SMILES string of the molecule is COC12C3C=CC4C(C=C3)C4C1C2Br. The van der Waals surface area contributed by atoms with E-state index < -0.39 is 0 Å². The number of alkyl halides is 1. The molecule has 2 fully saturated rings. The van der Waals surface area contributed by atoms with Gasteiger partial charge in [-0.25, -0.2) is 0 Å². The summed E-state index contributed by atoms with van der Waals surface area (Å²) in [6.45, 7) is 0. The molecule has 0 heterocycles. The molecule has 0 N–H and O–H groups in total. The van der Waals surface area contributed by atoms with Crippen molar-refractivity contribution in [3.05, 3.63) is 24.3 Å². The van der Waals surface area contributed by atoms with Crippen LogP contribution < -0.4 is 0 Å². The molecule has 0 saturated heterocycles. The fourth-order valence-electron chi connectivity index (χ4n) is 3.89. The van der Waals surface area contributed by atoms with Gasteiger partial charge in [-0.1, -0.05) is 40.2 Å². The van der Waals surface area contributed by atoms with Crippen LogP contribution in [0.1, 0.15) is 0 Å². The molecule has 4 bridgehead atoms. The highest BCUT2D eigenvalue weighted by Crippen LogP contribution is 2.73. The first-order chi connectivity index (χ1) is 6.80. The number of rotatable bonds is 1. The minimum Gasteiger partial charge on any atom is -0.376 e. The van der Waals surface area contributed by atoms with Crippen LogP contribution >= 0.6 is 15.9 Å². The lowest BCUT2D eigenvalue weighted by Crippen LogP contribution is -2.26. The normalized spacial score (nSPS) is 65.9. The molecule has 5 atom stereocenters. The molecule has 5 unspecified atom stereocenters. The van der Waals surface area contributed by atoms with Crippen molar-refractivity contribution in [3.8, 4) is 0 Å². The second-order valence-corrected chi connectivity index (χ2v) is 6.00. The summed E-state index contributed by atoms with van der Waals surface area (Å²) < 4.78 is 5.82. The Bertz CT molecular complexity index is 341. The molecule has 5 rings (SSSR count). The first-order valence-electron chi connectivity index (χ1n) is 5.36. The van der Waals surface area contributed by atoms with E-state index in [1.165, 1.54) is 0 Å². The van der Waals surface area contributed by atoms with Crippen LogP contribution in [0.3, 0.4) is 0 Å². The molecule has 74 valence electrons. The molecule has 0 aromatic rings. The maximum atomic E-state index is 5.82. The molecule has 14 heavy (non-hydrogen) atoms. The number of allylic oxidation sites excluding steroid dienone is 2. The maximum Gasteiger partial charge on any atom is 0.0946 e. The van der Waals surface area contributed by atoms with Crippen molar-refractivity contribution < 1.29 is 4.74 Å². The quantitative estimate of drug-likeness (QED) is 0.515. The molecule has 2 heteroatoms. The average molecular weight is 253 g/mol. The second-order valence-electron chi connectivity index (χ2n) is 5.01. The van der Waals surface area contributed by atoms with Gasteiger partial charge >= 0.3 is 0 Å². The lowest BCUT2D eigenvalue weighted by atomic mass is 9.98. The molecule has 0 aliphatic heterocycles. The summed E-state index contributed by atoms with van der Waals surface area (Å²) in [5.41, 5.74) is 0.0949. The van der Waals surface area contributed by atoms with Gasteiger partial charge in [-0.2, -0.15) is 0 Å². The van der Waals surface area contributed by atoms with E-state index in [-0.39, 0.29) is 5.60 Å². The first-order valence-corrected chi connectivity index (χ1v) is 6.28. The van der Waals surface area contributed by atoms with Crippen LogP contribution in [0, 0.1) is 29.6 Å². The number of halogens is 1. The predicted octanol–water partition coefficient (Wildman–Crippen LogP) is 2.38. The van der Waals surface area contributed by atoms with E-state index in [0.29, 0.717) is 10.7 Å². The molecule has 1 nitrogen and oxygen atoms in total. The van der Waals surface area contributed by atoms with Crippen LogP contribution in [0.25, 0.3) is 0 Å². The molecule has 0 spiro atoms. The first kappa shape index (κ1) is 8.12. The molecular weight excluding hydrogens is 240 g/mol. The summed E-state index contributed by atoms with van der Waals surface area (Å²) in [5.74, 6) is 3.75. The van der Waals surface area contributed by atoms with E-state index >= 15 is 0 Å². The highest BCUT2D eigenvalue weighted by Gasteiger charge is 2.77. The van der Waals surface area contributed by atoms with E-state index in [2.05, 4.69) is 40.2 Å². The van der Waals surface area contributed by atoms with Gasteiger partial charge in [0.2, 0.25) is 0 Å². The highest BCUT2D eigenvalue weighted by molar-refractivity contribution is 9.09. The molecule has 0 aromatic heterocycles. The van der Waals surface area contributed by atoms with Crippen LogP contribution in [0.15, 0.2) is 24.3 Å². The minimum atomic E-state index is 0.0949. The average Bonchev–Trinajstić information content (AvgIpc) is 2.99. The summed E-state index contributed by atoms with van der Waals surface area (Å²) >= 11 is 3.80. The van der Waals surface area contributed by atoms with Gasteiger partial charge in [-0.05, 0) is 17.8 Å². The smallest absolute Gasteiger partial charge is 0.0946 e. The van der Waals surface area contributed by atoms with Crippen molar-refractivity contribution in [1.82, 2.24) is 0 Å². The van der Waals surface area contributed by atoms with Gasteiger partial charge in [0.05, 0.1) is 10.4 Å². The van der Waals surface area contributed by atoms with Crippen molar-refractivity contribution >= 4 is 15.9 Å². The lowest BCUT2D eigenvalue weighted by molar-refractivity contribution is 0.0445. The molecule has 5 aliphatic carbocycles. The van der Waals surface area contributed by atoms with Crippen LogP contribution in [-0.2, 0) is 4.74 Å². The molecule has 5 aliphatic rings. The maximum absolute atomic E-state index is 5.82. The monoisotopic (exact) mass is 252 g/mol. The van der Waals surface area contributed by atoms with E-state index in [1.54, 1.807) is 0 Å².